The Bertz CT molecular complexity index is 643. The van der Waals surface area contributed by atoms with Crippen molar-refractivity contribution in [2.24, 2.45) is 5.84 Å². The van der Waals surface area contributed by atoms with Gasteiger partial charge in [0, 0.05) is 0 Å². The molecule has 6 heteroatoms. The molecule has 0 fully saturated rings. The second kappa shape index (κ2) is 5.18. The summed E-state index contributed by atoms with van der Waals surface area (Å²) in [5.74, 6) is 5.95. The highest BCUT2D eigenvalue weighted by Crippen LogP contribution is 2.29. The van der Waals surface area contributed by atoms with E-state index in [1.165, 1.54) is 0 Å². The summed E-state index contributed by atoms with van der Waals surface area (Å²) in [5.41, 5.74) is 5.21. The van der Waals surface area contributed by atoms with Crippen molar-refractivity contribution in [3.05, 3.63) is 48.2 Å². The molecule has 0 aliphatic carbocycles. The number of anilines is 3. The number of hydrogen-bond acceptors (Lipinski definition) is 5. The number of aromatic nitrogens is 1. The van der Waals surface area contributed by atoms with E-state index >= 15 is 0 Å². The molecule has 1 amide bonds. The second-order valence-corrected chi connectivity index (χ2v) is 4.58. The van der Waals surface area contributed by atoms with Gasteiger partial charge in [0.25, 0.3) is 0 Å². The first-order valence-electron chi connectivity index (χ1n) is 6.32. The van der Waals surface area contributed by atoms with Crippen LogP contribution >= 0.6 is 0 Å². The van der Waals surface area contributed by atoms with E-state index in [4.69, 9.17) is 5.84 Å². The molecule has 20 heavy (non-hydrogen) atoms. The number of nitrogens with zero attached hydrogens (tertiary/aromatic N) is 2. The highest BCUT2D eigenvalue weighted by Gasteiger charge is 2.21. The molecule has 0 saturated carbocycles. The third kappa shape index (κ3) is 2.41. The number of nitrogen functional groups attached to an aromatic ring is 1. The van der Waals surface area contributed by atoms with Crippen LogP contribution in [0.25, 0.3) is 0 Å². The predicted molar refractivity (Wildman–Crippen MR) is 78.2 cm³/mol. The van der Waals surface area contributed by atoms with Crippen LogP contribution in [0.2, 0.25) is 0 Å². The van der Waals surface area contributed by atoms with Gasteiger partial charge in [-0.1, -0.05) is 18.2 Å². The van der Waals surface area contributed by atoms with Crippen LogP contribution in [0, 0.1) is 0 Å². The number of rotatable bonds is 3. The Kier molecular flexibility index (Phi) is 3.22. The number of carbonyl (C=O) groups excluding carboxylic acids is 1. The molecular weight excluding hydrogens is 254 g/mol. The van der Waals surface area contributed by atoms with Crippen molar-refractivity contribution < 1.29 is 4.79 Å². The molecule has 0 unspecified atom stereocenters. The van der Waals surface area contributed by atoms with Crippen LogP contribution in [0.15, 0.2) is 42.5 Å². The van der Waals surface area contributed by atoms with Crippen LogP contribution in [0.3, 0.4) is 0 Å². The summed E-state index contributed by atoms with van der Waals surface area (Å²) in [4.78, 5) is 18.1. The van der Waals surface area contributed by atoms with E-state index in [9.17, 15) is 4.79 Å². The highest BCUT2D eigenvalue weighted by molar-refractivity contribution is 6.01. The lowest BCUT2D eigenvalue weighted by atomic mass is 10.2. The molecule has 0 saturated heterocycles. The monoisotopic (exact) mass is 269 g/mol. The zero-order valence-corrected chi connectivity index (χ0v) is 10.8. The molecule has 0 radical (unpaired) electrons. The topological polar surface area (TPSA) is 83.3 Å². The minimum atomic E-state index is -0.0168. The molecule has 2 heterocycles. The Morgan fingerprint density at radius 2 is 2.10 bits per heavy atom. The number of hydrogen-bond donors (Lipinski definition) is 3. The Morgan fingerprint density at radius 1 is 1.25 bits per heavy atom. The average Bonchev–Trinajstić information content (AvgIpc) is 2.47. The van der Waals surface area contributed by atoms with Gasteiger partial charge in [-0.25, -0.2) is 10.8 Å². The zero-order valence-electron chi connectivity index (χ0n) is 10.8. The number of benzene rings is 1. The Morgan fingerprint density at radius 3 is 2.95 bits per heavy atom. The Hall–Kier alpha value is -2.60. The van der Waals surface area contributed by atoms with E-state index in [1.807, 2.05) is 41.3 Å². The molecule has 2 aromatic rings. The van der Waals surface area contributed by atoms with E-state index in [-0.39, 0.29) is 5.91 Å². The van der Waals surface area contributed by atoms with Crippen molar-refractivity contribution in [2.45, 2.75) is 6.54 Å². The lowest BCUT2D eigenvalue weighted by Gasteiger charge is -2.30. The lowest BCUT2D eigenvalue weighted by Crippen LogP contribution is -2.37. The number of hydrazine groups is 1. The molecule has 0 spiro atoms. The Balaban J connectivity index is 1.88. The van der Waals surface area contributed by atoms with E-state index in [0.717, 1.165) is 17.1 Å². The fourth-order valence-corrected chi connectivity index (χ4v) is 2.29. The van der Waals surface area contributed by atoms with Crippen molar-refractivity contribution in [3.8, 4) is 0 Å². The normalized spacial score (nSPS) is 13.7. The van der Waals surface area contributed by atoms with Gasteiger partial charge in [0.15, 0.2) is 0 Å². The average molecular weight is 269 g/mol. The van der Waals surface area contributed by atoms with Crippen LogP contribution in [0.1, 0.15) is 5.69 Å². The molecule has 1 aliphatic rings. The molecule has 3 rings (SSSR count). The van der Waals surface area contributed by atoms with Crippen molar-refractivity contribution >= 4 is 23.1 Å². The summed E-state index contributed by atoms with van der Waals surface area (Å²) in [6, 6.07) is 13.3. The van der Waals surface area contributed by atoms with Gasteiger partial charge in [-0.15, -0.1) is 0 Å². The maximum absolute atomic E-state index is 11.7. The van der Waals surface area contributed by atoms with Crippen molar-refractivity contribution in [2.75, 3.05) is 22.2 Å². The minimum absolute atomic E-state index is 0.0168. The fourth-order valence-electron chi connectivity index (χ4n) is 2.29. The number of nitrogens with one attached hydrogen (secondary N) is 2. The van der Waals surface area contributed by atoms with Crippen LogP contribution in [0.4, 0.5) is 17.2 Å². The van der Waals surface area contributed by atoms with E-state index in [2.05, 4.69) is 15.7 Å². The van der Waals surface area contributed by atoms with Gasteiger partial charge in [0.05, 0.1) is 30.2 Å². The van der Waals surface area contributed by atoms with Gasteiger partial charge in [-0.2, -0.15) is 0 Å². The predicted octanol–water partition coefficient (Wildman–Crippen LogP) is 1.33. The minimum Gasteiger partial charge on any atom is -0.355 e. The van der Waals surface area contributed by atoms with E-state index in [1.54, 1.807) is 6.07 Å². The second-order valence-electron chi connectivity index (χ2n) is 4.58. The maximum atomic E-state index is 11.7. The summed E-state index contributed by atoms with van der Waals surface area (Å²) in [5, 5.41) is 2.86. The summed E-state index contributed by atoms with van der Waals surface area (Å²) in [6.07, 6.45) is 0. The summed E-state index contributed by atoms with van der Waals surface area (Å²) in [7, 11) is 0. The van der Waals surface area contributed by atoms with E-state index in [0.29, 0.717) is 18.9 Å². The van der Waals surface area contributed by atoms with Gasteiger partial charge in [-0.05, 0) is 24.3 Å². The van der Waals surface area contributed by atoms with Gasteiger partial charge in [-0.3, -0.25) is 4.79 Å². The summed E-state index contributed by atoms with van der Waals surface area (Å²) in [6.45, 7) is 0.874. The number of fused-ring (bicyclic) bond motifs is 1. The summed E-state index contributed by atoms with van der Waals surface area (Å²) < 4.78 is 0. The Labute approximate surface area is 116 Å². The van der Waals surface area contributed by atoms with Crippen molar-refractivity contribution in [3.63, 3.8) is 0 Å². The van der Waals surface area contributed by atoms with Crippen LogP contribution in [-0.4, -0.2) is 17.4 Å². The zero-order chi connectivity index (χ0) is 13.9. The van der Waals surface area contributed by atoms with Gasteiger partial charge < -0.3 is 15.6 Å². The van der Waals surface area contributed by atoms with Gasteiger partial charge in [0.2, 0.25) is 5.91 Å². The molecule has 1 aliphatic heterocycles. The van der Waals surface area contributed by atoms with Crippen molar-refractivity contribution in [1.82, 2.24) is 4.98 Å². The van der Waals surface area contributed by atoms with Gasteiger partial charge in [0.1, 0.15) is 5.82 Å². The van der Waals surface area contributed by atoms with Crippen LogP contribution in [0.5, 0.6) is 0 Å². The molecular formula is C14H15N5O. The molecule has 102 valence electrons. The first-order valence-corrected chi connectivity index (χ1v) is 6.32. The number of pyridine rings is 1. The number of carbonyl (C=O) groups is 1. The third-order valence-electron chi connectivity index (χ3n) is 3.16. The van der Waals surface area contributed by atoms with Crippen LogP contribution in [-0.2, 0) is 11.3 Å². The number of nitrogens with two attached hydrogens (primary N) is 1. The quantitative estimate of drug-likeness (QED) is 0.578. The van der Waals surface area contributed by atoms with Crippen molar-refractivity contribution in [1.29, 1.82) is 0 Å². The number of para-hydroxylation sites is 2. The fraction of sp³-hybridized carbons (Fsp3) is 0.143. The first-order chi connectivity index (χ1) is 9.76. The first kappa shape index (κ1) is 12.4. The smallest absolute Gasteiger partial charge is 0.243 e. The SMILES string of the molecule is NNc1cccc(CN2CC(=O)Nc3ccccc32)n1. The van der Waals surface area contributed by atoms with Gasteiger partial charge >= 0.3 is 0 Å². The molecule has 0 atom stereocenters. The lowest BCUT2D eigenvalue weighted by molar-refractivity contribution is -0.115. The third-order valence-corrected chi connectivity index (χ3v) is 3.16. The molecule has 1 aromatic carbocycles. The molecule has 0 bridgehead atoms. The molecule has 4 N–H and O–H groups in total. The highest BCUT2D eigenvalue weighted by atomic mass is 16.2. The standard InChI is InChI=1S/C14H15N5O/c15-18-13-7-3-4-10(16-13)8-19-9-14(20)17-11-5-1-2-6-12(11)19/h1-7H,8-9,15H2,(H,16,18)(H,17,20). The molecule has 1 aromatic heterocycles. The molecule has 6 nitrogen and oxygen atoms in total. The summed E-state index contributed by atoms with van der Waals surface area (Å²) >= 11 is 0. The van der Waals surface area contributed by atoms with E-state index < -0.39 is 0 Å². The number of amides is 1. The maximum Gasteiger partial charge on any atom is 0.243 e. The largest absolute Gasteiger partial charge is 0.355 e. The van der Waals surface area contributed by atoms with Crippen LogP contribution < -0.4 is 21.5 Å².